The molecule has 0 N–H and O–H groups in total. The first-order valence-corrected chi connectivity index (χ1v) is 21.8. The number of ether oxygens (including phenoxy) is 2. The van der Waals surface area contributed by atoms with Crippen LogP contribution in [0.3, 0.4) is 0 Å². The summed E-state index contributed by atoms with van der Waals surface area (Å²) in [5, 5.41) is 0. The van der Waals surface area contributed by atoms with E-state index in [0.29, 0.717) is 29.3 Å². The maximum absolute atomic E-state index is 6.75. The van der Waals surface area contributed by atoms with Crippen molar-refractivity contribution in [3.8, 4) is 68.3 Å². The molecule has 6 aliphatic rings. The average Bonchev–Trinajstić information content (AvgIpc) is 3.32. The minimum atomic E-state index is -0.0653. The minimum Gasteiger partial charge on any atom is -0.457 e. The van der Waals surface area contributed by atoms with E-state index < -0.39 is 0 Å². The number of aromatic nitrogens is 3. The molecule has 1 spiro atoms. The van der Waals surface area contributed by atoms with Crippen molar-refractivity contribution in [2.75, 3.05) is 4.90 Å². The van der Waals surface area contributed by atoms with Crippen LogP contribution in [0, 0.1) is 23.7 Å². The largest absolute Gasteiger partial charge is 0.457 e. The quantitative estimate of drug-likeness (QED) is 0.173. The van der Waals surface area contributed by atoms with Gasteiger partial charge in [-0.1, -0.05) is 103 Å². The lowest BCUT2D eigenvalue weighted by Gasteiger charge is -2.63. The predicted molar refractivity (Wildman–Crippen MR) is 241 cm³/mol. The molecule has 0 unspecified atom stereocenters. The van der Waals surface area contributed by atoms with E-state index in [-0.39, 0.29) is 5.41 Å². The smallest absolute Gasteiger partial charge is 0.164 e. The number of benzene rings is 7. The Balaban J connectivity index is 0.899. The molecule has 1 aromatic heterocycles. The lowest BCUT2D eigenvalue weighted by molar-refractivity contribution is -0.0452. The van der Waals surface area contributed by atoms with Gasteiger partial charge in [-0.25, -0.2) is 15.0 Å². The molecule has 61 heavy (non-hydrogen) atoms. The second-order valence-corrected chi connectivity index (χ2v) is 17.7. The van der Waals surface area contributed by atoms with Crippen molar-refractivity contribution in [1.29, 1.82) is 0 Å². The first-order chi connectivity index (χ1) is 30.2. The molecule has 0 saturated heterocycles. The van der Waals surface area contributed by atoms with Gasteiger partial charge in [0.2, 0.25) is 0 Å². The van der Waals surface area contributed by atoms with Crippen molar-refractivity contribution in [1.82, 2.24) is 15.0 Å². The first kappa shape index (κ1) is 34.8. The molecule has 14 rings (SSSR count). The third-order valence-electron chi connectivity index (χ3n) is 14.3. The summed E-state index contributed by atoms with van der Waals surface area (Å²) < 4.78 is 13.0. The highest BCUT2D eigenvalue weighted by molar-refractivity contribution is 5.87. The van der Waals surface area contributed by atoms with E-state index in [0.717, 1.165) is 79.7 Å². The second kappa shape index (κ2) is 13.5. The Hall–Kier alpha value is -7.05. The van der Waals surface area contributed by atoms with Gasteiger partial charge in [0.05, 0.1) is 11.4 Å². The van der Waals surface area contributed by atoms with E-state index >= 15 is 0 Å². The van der Waals surface area contributed by atoms with Crippen LogP contribution >= 0.6 is 0 Å². The Kier molecular flexibility index (Phi) is 7.69. The molecule has 8 aromatic rings. The monoisotopic (exact) mass is 790 g/mol. The van der Waals surface area contributed by atoms with Crippen LogP contribution in [0.15, 0.2) is 170 Å². The Labute approximate surface area is 355 Å². The maximum Gasteiger partial charge on any atom is 0.164 e. The third kappa shape index (κ3) is 5.44. The van der Waals surface area contributed by atoms with Gasteiger partial charge in [0.25, 0.3) is 0 Å². The summed E-state index contributed by atoms with van der Waals surface area (Å²) in [7, 11) is 0. The molecule has 4 bridgehead atoms. The van der Waals surface area contributed by atoms with Crippen LogP contribution < -0.4 is 14.4 Å². The zero-order valence-corrected chi connectivity index (χ0v) is 33.6. The molecule has 0 atom stereocenters. The molecule has 4 saturated carbocycles. The van der Waals surface area contributed by atoms with Crippen molar-refractivity contribution in [2.24, 2.45) is 23.7 Å². The van der Waals surface area contributed by atoms with Crippen molar-refractivity contribution in [3.05, 3.63) is 181 Å². The Morgan fingerprint density at radius 1 is 0.393 bits per heavy atom. The third-order valence-corrected chi connectivity index (χ3v) is 14.3. The van der Waals surface area contributed by atoms with Gasteiger partial charge in [0.1, 0.15) is 11.5 Å². The highest BCUT2D eigenvalue weighted by atomic mass is 16.5. The Morgan fingerprint density at radius 3 is 1.59 bits per heavy atom. The molecule has 6 nitrogen and oxygen atoms in total. The van der Waals surface area contributed by atoms with Crippen LogP contribution in [0.5, 0.6) is 23.0 Å². The zero-order valence-electron chi connectivity index (χ0n) is 33.6. The highest BCUT2D eigenvalue weighted by Gasteiger charge is 2.61. The summed E-state index contributed by atoms with van der Waals surface area (Å²) in [5.41, 5.74) is 10.8. The van der Waals surface area contributed by atoms with Gasteiger partial charge in [-0.05, 0) is 134 Å². The lowest BCUT2D eigenvalue weighted by Crippen LogP contribution is -2.56. The van der Waals surface area contributed by atoms with Crippen molar-refractivity contribution >= 4 is 17.1 Å². The molecule has 0 radical (unpaired) electrons. The maximum atomic E-state index is 6.75. The van der Waals surface area contributed by atoms with E-state index in [2.05, 4.69) is 132 Å². The van der Waals surface area contributed by atoms with Crippen LogP contribution in [0.1, 0.15) is 43.2 Å². The highest BCUT2D eigenvalue weighted by Crippen LogP contribution is 2.69. The number of rotatable bonds is 5. The van der Waals surface area contributed by atoms with E-state index in [1.165, 1.54) is 43.2 Å². The molecule has 4 aliphatic carbocycles. The molecule has 4 fully saturated rings. The fourth-order valence-electron chi connectivity index (χ4n) is 12.0. The molecule has 3 heterocycles. The van der Waals surface area contributed by atoms with Crippen LogP contribution in [0.2, 0.25) is 0 Å². The Morgan fingerprint density at radius 2 is 0.902 bits per heavy atom. The average molecular weight is 791 g/mol. The van der Waals surface area contributed by atoms with Gasteiger partial charge in [-0.2, -0.15) is 0 Å². The fourth-order valence-corrected chi connectivity index (χ4v) is 12.0. The van der Waals surface area contributed by atoms with Gasteiger partial charge < -0.3 is 14.4 Å². The number of fused-ring (bicyclic) bond motifs is 4. The van der Waals surface area contributed by atoms with Gasteiger partial charge in [0.15, 0.2) is 29.0 Å². The second-order valence-electron chi connectivity index (χ2n) is 17.7. The van der Waals surface area contributed by atoms with Crippen LogP contribution in [0.25, 0.3) is 45.3 Å². The summed E-state index contributed by atoms with van der Waals surface area (Å²) in [5.74, 6) is 8.57. The van der Waals surface area contributed by atoms with Gasteiger partial charge in [-0.3, -0.25) is 0 Å². The van der Waals surface area contributed by atoms with E-state index in [9.17, 15) is 0 Å². The van der Waals surface area contributed by atoms with E-state index in [1.54, 1.807) is 0 Å². The molecule has 2 aliphatic heterocycles. The minimum absolute atomic E-state index is 0.0653. The van der Waals surface area contributed by atoms with Crippen LogP contribution in [-0.4, -0.2) is 15.0 Å². The summed E-state index contributed by atoms with van der Waals surface area (Å²) in [6, 6.07) is 59.5. The first-order valence-electron chi connectivity index (χ1n) is 21.8. The summed E-state index contributed by atoms with van der Waals surface area (Å²) >= 11 is 0. The molecule has 7 aromatic carbocycles. The van der Waals surface area contributed by atoms with Crippen molar-refractivity contribution < 1.29 is 9.47 Å². The summed E-state index contributed by atoms with van der Waals surface area (Å²) in [6.07, 6.45) is 6.61. The number of anilines is 3. The summed E-state index contributed by atoms with van der Waals surface area (Å²) in [6.45, 7) is 0. The molecule has 0 amide bonds. The summed E-state index contributed by atoms with van der Waals surface area (Å²) in [4.78, 5) is 17.9. The molecular weight excluding hydrogens is 749 g/mol. The van der Waals surface area contributed by atoms with E-state index in [4.69, 9.17) is 24.4 Å². The van der Waals surface area contributed by atoms with E-state index in [1.807, 2.05) is 42.5 Å². The normalized spacial score (nSPS) is 22.4. The number of hydrogen-bond donors (Lipinski definition) is 0. The molecular formula is C55H42N4O2. The van der Waals surface area contributed by atoms with Crippen LogP contribution in [-0.2, 0) is 5.41 Å². The topological polar surface area (TPSA) is 60.4 Å². The number of para-hydroxylation sites is 5. The van der Waals surface area contributed by atoms with Gasteiger partial charge >= 0.3 is 0 Å². The predicted octanol–water partition coefficient (Wildman–Crippen LogP) is 14.0. The SMILES string of the molecule is c1ccc(-c2nc(-c3cccc(-c4ccc(N5c6ccccc6Oc6ccccc65)cc4)c3)nc(-c3ccc4c(c3)C3(c5ccccc5O4)C4CC5CC(C4)CC3C5)n2)cc1. The van der Waals surface area contributed by atoms with Crippen molar-refractivity contribution in [3.63, 3.8) is 0 Å². The zero-order chi connectivity index (χ0) is 40.1. The standard InChI is InChI=1S/C55H42N4O2/c1-2-11-37(12-3-1)52-56-53(39-14-10-13-38(32-39)36-21-24-43(25-22-36)59-46-16-5-8-19-50(46)61-51-20-9-6-17-47(51)59)58-54(57-52)40-23-26-49-45(33-40)55(44-15-4-7-18-48(44)60-49)41-28-34-27-35(30-41)31-42(55)29-34/h1-26,32-35,41-42H,27-31H2. The Bertz CT molecular complexity index is 2940. The fraction of sp³-hybridized carbons (Fsp3) is 0.182. The number of nitrogens with zero attached hydrogens (tertiary/aromatic N) is 4. The van der Waals surface area contributed by atoms with Crippen molar-refractivity contribution in [2.45, 2.75) is 37.5 Å². The molecule has 6 heteroatoms. The van der Waals surface area contributed by atoms with Gasteiger partial charge in [0, 0.05) is 38.9 Å². The molecule has 294 valence electrons. The van der Waals surface area contributed by atoms with Gasteiger partial charge in [-0.15, -0.1) is 0 Å². The van der Waals surface area contributed by atoms with Crippen LogP contribution in [0.4, 0.5) is 17.1 Å². The number of hydrogen-bond acceptors (Lipinski definition) is 6. The lowest BCUT2D eigenvalue weighted by atomic mass is 9.42.